The number of hydrogen-bond acceptors (Lipinski definition) is 5. The van der Waals surface area contributed by atoms with E-state index >= 15 is 0 Å². The van der Waals surface area contributed by atoms with Crippen LogP contribution in [-0.4, -0.2) is 70.0 Å². The first kappa shape index (κ1) is 29.2. The third-order valence-corrected chi connectivity index (χ3v) is 7.58. The number of benzene rings is 1. The molecule has 1 saturated heterocycles. The zero-order chi connectivity index (χ0) is 26.5. The Morgan fingerprint density at radius 2 is 1.92 bits per heavy atom. The molecule has 3 unspecified atom stereocenters. The predicted octanol–water partition coefficient (Wildman–Crippen LogP) is 4.61. The lowest BCUT2D eigenvalue weighted by molar-refractivity contribution is -0.00880. The summed E-state index contributed by atoms with van der Waals surface area (Å²) in [6, 6.07) is 6.50. The summed E-state index contributed by atoms with van der Waals surface area (Å²) in [6.07, 6.45) is 9.54. The summed E-state index contributed by atoms with van der Waals surface area (Å²) in [4.78, 5) is 26.6. The average Bonchev–Trinajstić information content (AvgIpc) is 3.17. The zero-order valence-electron chi connectivity index (χ0n) is 22.5. The molecule has 3 N–H and O–H groups in total. The molecule has 0 bridgehead atoms. The van der Waals surface area contributed by atoms with E-state index in [0.717, 1.165) is 31.4 Å². The number of likely N-dealkylation sites (N-methyl/N-ethyl adjacent to an activating group) is 1. The third kappa shape index (κ3) is 9.78. The van der Waals surface area contributed by atoms with Crippen LogP contribution in [0.3, 0.4) is 0 Å². The molecule has 1 heterocycles. The van der Waals surface area contributed by atoms with Gasteiger partial charge in [0.1, 0.15) is 5.82 Å². The average molecular weight is 521 g/mol. The van der Waals surface area contributed by atoms with Crippen molar-refractivity contribution in [2.24, 2.45) is 11.8 Å². The van der Waals surface area contributed by atoms with E-state index in [1.807, 2.05) is 18.0 Å². The van der Waals surface area contributed by atoms with Crippen LogP contribution in [0, 0.1) is 17.7 Å². The van der Waals surface area contributed by atoms with Gasteiger partial charge in [0.25, 0.3) is 0 Å². The minimum Gasteiger partial charge on any atom is -0.453 e. The molecule has 208 valence electrons. The fourth-order valence-electron chi connectivity index (χ4n) is 5.75. The molecular weight excluding hydrogens is 475 g/mol. The van der Waals surface area contributed by atoms with E-state index in [1.165, 1.54) is 57.8 Å². The second kappa shape index (κ2) is 15.8. The van der Waals surface area contributed by atoms with Gasteiger partial charge in [0.15, 0.2) is 0 Å². The maximum absolute atomic E-state index is 14.1. The van der Waals surface area contributed by atoms with E-state index < -0.39 is 6.09 Å². The van der Waals surface area contributed by atoms with Gasteiger partial charge in [0.05, 0.1) is 19.8 Å². The van der Waals surface area contributed by atoms with Crippen molar-refractivity contribution in [3.8, 4) is 0 Å². The highest BCUT2D eigenvalue weighted by molar-refractivity contribution is 5.74. The fraction of sp³-hybridized carbons (Fsp3) is 0.714. The number of urea groups is 1. The normalized spacial score (nSPS) is 20.5. The monoisotopic (exact) mass is 520 g/mol. The Kier molecular flexibility index (Phi) is 12.4. The lowest BCUT2D eigenvalue weighted by Crippen LogP contribution is -2.51. The molecule has 2 aliphatic rings. The summed E-state index contributed by atoms with van der Waals surface area (Å²) in [5, 5.41) is 9.16. The van der Waals surface area contributed by atoms with Crippen LogP contribution in [0.2, 0.25) is 0 Å². The summed E-state index contributed by atoms with van der Waals surface area (Å²) >= 11 is 0. The van der Waals surface area contributed by atoms with E-state index in [9.17, 15) is 14.0 Å². The van der Waals surface area contributed by atoms with Crippen molar-refractivity contribution in [1.29, 1.82) is 0 Å². The maximum Gasteiger partial charge on any atom is 0.406 e. The molecule has 9 heteroatoms. The van der Waals surface area contributed by atoms with Gasteiger partial charge in [0, 0.05) is 38.1 Å². The minimum absolute atomic E-state index is 0.0176. The van der Waals surface area contributed by atoms with Gasteiger partial charge in [-0.1, -0.05) is 50.7 Å². The summed E-state index contributed by atoms with van der Waals surface area (Å²) in [7, 11) is 3.24. The first-order chi connectivity index (χ1) is 18.0. The van der Waals surface area contributed by atoms with Crippen LogP contribution < -0.4 is 16.0 Å². The largest absolute Gasteiger partial charge is 0.453 e. The maximum atomic E-state index is 14.1. The molecular formula is C28H45FN4O4. The number of piperidine rings is 1. The molecule has 2 fully saturated rings. The van der Waals surface area contributed by atoms with Crippen molar-refractivity contribution >= 4 is 12.1 Å². The molecule has 0 aromatic heterocycles. The van der Waals surface area contributed by atoms with Gasteiger partial charge in [-0.05, 0) is 49.9 Å². The number of ether oxygens (including phenoxy) is 2. The van der Waals surface area contributed by atoms with Crippen molar-refractivity contribution in [2.75, 3.05) is 46.9 Å². The van der Waals surface area contributed by atoms with E-state index in [4.69, 9.17) is 4.74 Å². The smallest absolute Gasteiger partial charge is 0.406 e. The van der Waals surface area contributed by atoms with Crippen LogP contribution in [0.25, 0.3) is 0 Å². The SMILES string of the molecule is CNCC(CC1CCCCCC1)NC(=O)N1CCCC(C(OCCNC(=O)OC)c2cccc(F)c2)C1. The highest BCUT2D eigenvalue weighted by atomic mass is 19.1. The van der Waals surface area contributed by atoms with Crippen LogP contribution in [-0.2, 0) is 9.47 Å². The van der Waals surface area contributed by atoms with Crippen molar-refractivity contribution < 1.29 is 23.5 Å². The summed E-state index contributed by atoms with van der Waals surface area (Å²) in [5.74, 6) is 0.362. The Hall–Kier alpha value is -2.39. The number of rotatable bonds is 11. The summed E-state index contributed by atoms with van der Waals surface area (Å²) in [5.41, 5.74) is 0.742. The quantitative estimate of drug-likeness (QED) is 0.293. The molecule has 3 rings (SSSR count). The number of carbonyl (C=O) groups is 2. The summed E-state index contributed by atoms with van der Waals surface area (Å²) < 4.78 is 24.8. The molecule has 3 amide bonds. The Bertz CT molecular complexity index is 834. The number of carbonyl (C=O) groups excluding carboxylic acids is 2. The van der Waals surface area contributed by atoms with Gasteiger partial charge in [-0.3, -0.25) is 0 Å². The number of alkyl carbamates (subject to hydrolysis) is 1. The lowest BCUT2D eigenvalue weighted by atomic mass is 9.88. The minimum atomic E-state index is -0.522. The van der Waals surface area contributed by atoms with Gasteiger partial charge >= 0.3 is 12.1 Å². The number of nitrogens with one attached hydrogen (secondary N) is 3. The molecule has 8 nitrogen and oxygen atoms in total. The summed E-state index contributed by atoms with van der Waals surface area (Å²) in [6.45, 7) is 2.51. The first-order valence-electron chi connectivity index (χ1n) is 13.9. The molecule has 0 spiro atoms. The van der Waals surface area contributed by atoms with Crippen LogP contribution in [0.4, 0.5) is 14.0 Å². The number of amides is 3. The van der Waals surface area contributed by atoms with Crippen LogP contribution in [0.15, 0.2) is 24.3 Å². The molecule has 0 radical (unpaired) electrons. The van der Waals surface area contributed by atoms with Crippen molar-refractivity contribution in [3.63, 3.8) is 0 Å². The number of nitrogens with zero attached hydrogens (tertiary/aromatic N) is 1. The Morgan fingerprint density at radius 1 is 1.14 bits per heavy atom. The van der Waals surface area contributed by atoms with Gasteiger partial charge < -0.3 is 30.3 Å². The number of halogens is 1. The Balaban J connectivity index is 1.62. The molecule has 1 aromatic rings. The predicted molar refractivity (Wildman–Crippen MR) is 142 cm³/mol. The van der Waals surface area contributed by atoms with Gasteiger partial charge in [-0.25, -0.2) is 14.0 Å². The van der Waals surface area contributed by atoms with E-state index in [-0.39, 0.29) is 43.1 Å². The molecule has 37 heavy (non-hydrogen) atoms. The number of likely N-dealkylation sites (tertiary alicyclic amines) is 1. The third-order valence-electron chi connectivity index (χ3n) is 7.58. The van der Waals surface area contributed by atoms with Crippen LogP contribution in [0.5, 0.6) is 0 Å². The van der Waals surface area contributed by atoms with Crippen LogP contribution in [0.1, 0.15) is 69.5 Å². The van der Waals surface area contributed by atoms with Crippen molar-refractivity contribution in [3.05, 3.63) is 35.6 Å². The Labute approximate surface area is 221 Å². The van der Waals surface area contributed by atoms with Crippen molar-refractivity contribution in [2.45, 2.75) is 69.9 Å². The topological polar surface area (TPSA) is 91.9 Å². The lowest BCUT2D eigenvalue weighted by Gasteiger charge is -2.38. The van der Waals surface area contributed by atoms with Gasteiger partial charge in [0.2, 0.25) is 0 Å². The van der Waals surface area contributed by atoms with E-state index in [1.54, 1.807) is 6.07 Å². The van der Waals surface area contributed by atoms with Crippen molar-refractivity contribution in [1.82, 2.24) is 20.9 Å². The molecule has 1 aliphatic heterocycles. The highest BCUT2D eigenvalue weighted by Gasteiger charge is 2.32. The number of methoxy groups -OCH3 is 1. The van der Waals surface area contributed by atoms with E-state index in [2.05, 4.69) is 20.7 Å². The highest BCUT2D eigenvalue weighted by Crippen LogP contribution is 2.33. The molecule has 1 aromatic carbocycles. The molecule has 1 aliphatic carbocycles. The second-order valence-electron chi connectivity index (χ2n) is 10.4. The number of hydrogen-bond donors (Lipinski definition) is 3. The molecule has 1 saturated carbocycles. The standard InChI is InChI=1S/C28H45FN4O4/c1-30-19-25(17-21-9-5-3-4-6-10-21)32-27(34)33-15-8-12-23(20-33)26(22-11-7-13-24(29)18-22)37-16-14-31-28(35)36-2/h7,11,13,18,21,23,25-26,30H,3-6,8-10,12,14-17,19-20H2,1-2H3,(H,31,35)(H,32,34). The van der Waals surface area contributed by atoms with E-state index in [0.29, 0.717) is 19.0 Å². The second-order valence-corrected chi connectivity index (χ2v) is 10.4. The van der Waals surface area contributed by atoms with Gasteiger partial charge in [-0.15, -0.1) is 0 Å². The molecule has 3 atom stereocenters. The van der Waals surface area contributed by atoms with Gasteiger partial charge in [-0.2, -0.15) is 0 Å². The Morgan fingerprint density at radius 3 is 2.62 bits per heavy atom. The fourth-order valence-corrected chi connectivity index (χ4v) is 5.75. The zero-order valence-corrected chi connectivity index (χ0v) is 22.5. The first-order valence-corrected chi connectivity index (χ1v) is 13.9. The van der Waals surface area contributed by atoms with Crippen LogP contribution >= 0.6 is 0 Å².